The predicted octanol–water partition coefficient (Wildman–Crippen LogP) is 0.244. The van der Waals surface area contributed by atoms with E-state index in [0.29, 0.717) is 0 Å². The van der Waals surface area contributed by atoms with Crippen LogP contribution in [-0.2, 0) is 0 Å². The Balaban J connectivity index is 3.14. The maximum absolute atomic E-state index is 4.93. The summed E-state index contributed by atoms with van der Waals surface area (Å²) in [6.45, 7) is 0. The number of hydrogen-bond donors (Lipinski definition) is 3. The monoisotopic (exact) mass is 110 g/mol. The molecule has 0 aromatic rings. The fourth-order valence-corrected chi connectivity index (χ4v) is 0. The zero-order valence-corrected chi connectivity index (χ0v) is 4.29. The second-order valence-electron chi connectivity index (χ2n) is 0.436. The number of nitrogens with two attached hydrogens (primary N) is 2. The molecule has 0 saturated carbocycles. The van der Waals surface area contributed by atoms with Gasteiger partial charge in [0.15, 0.2) is 0 Å². The fraction of sp³-hybridized carbons (Fsp3) is 0. The molecule has 0 radical (unpaired) electrons. The van der Waals surface area contributed by atoms with Gasteiger partial charge in [0.1, 0.15) is 12.2 Å². The zero-order valence-electron chi connectivity index (χ0n) is 2.50. The van der Waals surface area contributed by atoms with E-state index in [1.54, 1.807) is 0 Å². The van der Waals surface area contributed by atoms with Gasteiger partial charge in [0.25, 0.3) is 0 Å². The molecule has 5 heavy (non-hydrogen) atoms. The summed E-state index contributed by atoms with van der Waals surface area (Å²) in [5.41, 5.74) is 4.93. The molecular formula is H5N3PS+. The summed E-state index contributed by atoms with van der Waals surface area (Å²) in [6, 6.07) is 0. The molecule has 0 bridgehead atoms. The van der Waals surface area contributed by atoms with Crippen molar-refractivity contribution >= 4 is 19.3 Å². The normalized spacial score (nSPS) is 12.2. The van der Waals surface area contributed by atoms with Gasteiger partial charge in [0.2, 0.25) is 0 Å². The Morgan fingerprint density at radius 1 is 1.80 bits per heavy atom. The summed E-state index contributed by atoms with van der Waals surface area (Å²) >= 11 is 3.65. The first-order valence-electron chi connectivity index (χ1n) is 0.916. The number of thiol groups is 1. The first-order valence-corrected chi connectivity index (χ1v) is 3.43. The molecule has 1 atom stereocenters. The standard InChI is InChI=1S/H5N3PS/c1-3-4(2)5/h1H2,(H3,2,3,5)/q+1. The van der Waals surface area contributed by atoms with E-state index < -0.39 is 7.07 Å². The molecule has 0 aliphatic carbocycles. The molecule has 0 rings (SSSR count). The van der Waals surface area contributed by atoms with Crippen LogP contribution in [0, 0.1) is 0 Å². The quantitative estimate of drug-likeness (QED) is 0.181. The molecule has 0 aromatic heterocycles. The lowest BCUT2D eigenvalue weighted by atomic mass is 13.0. The van der Waals surface area contributed by atoms with Crippen LogP contribution in [0.25, 0.3) is 0 Å². The van der Waals surface area contributed by atoms with Gasteiger partial charge in [-0.15, -0.1) is 5.50 Å². The molecule has 4 N–H and O–H groups in total. The third-order valence-electron chi connectivity index (χ3n) is 0.118. The van der Waals surface area contributed by atoms with Gasteiger partial charge in [-0.25, -0.2) is 0 Å². The minimum Gasteiger partial charge on any atom is -0.186 e. The van der Waals surface area contributed by atoms with Gasteiger partial charge < -0.3 is 0 Å². The smallest absolute Gasteiger partial charge is 0.186 e. The van der Waals surface area contributed by atoms with Gasteiger partial charge in [-0.05, 0) is 0 Å². The summed E-state index contributed by atoms with van der Waals surface area (Å²) in [7, 11) is -1.00. The summed E-state index contributed by atoms with van der Waals surface area (Å²) in [6.07, 6.45) is 0. The highest BCUT2D eigenvalue weighted by Gasteiger charge is 1.84. The Bertz CT molecular complexity index is 44.9. The van der Waals surface area contributed by atoms with Crippen molar-refractivity contribution in [3.8, 4) is 0 Å². The molecule has 30 valence electrons. The van der Waals surface area contributed by atoms with E-state index in [4.69, 9.17) is 5.50 Å². The fourth-order valence-electron chi connectivity index (χ4n) is 0. The SMILES string of the molecule is NN=[P+](N)S. The van der Waals surface area contributed by atoms with E-state index in [9.17, 15) is 0 Å². The highest BCUT2D eigenvalue weighted by Crippen LogP contribution is 2.15. The van der Waals surface area contributed by atoms with Crippen molar-refractivity contribution in [3.05, 3.63) is 0 Å². The Morgan fingerprint density at radius 2 is 2.00 bits per heavy atom. The minimum atomic E-state index is -1.00. The highest BCUT2D eigenvalue weighted by atomic mass is 32.7. The predicted molar refractivity (Wildman–Crippen MR) is 26.7 cm³/mol. The Kier molecular flexibility index (Phi) is 2.79. The Morgan fingerprint density at radius 3 is 2.00 bits per heavy atom. The van der Waals surface area contributed by atoms with Crippen molar-refractivity contribution in [1.82, 2.24) is 0 Å². The second kappa shape index (κ2) is 2.60. The van der Waals surface area contributed by atoms with E-state index in [1.165, 1.54) is 0 Å². The van der Waals surface area contributed by atoms with Crippen LogP contribution in [0.15, 0.2) is 4.85 Å². The van der Waals surface area contributed by atoms with Crippen molar-refractivity contribution in [2.45, 2.75) is 0 Å². The molecule has 1 unspecified atom stereocenters. The van der Waals surface area contributed by atoms with Crippen LogP contribution in [0.2, 0.25) is 0 Å². The maximum Gasteiger partial charge on any atom is 0.380 e. The molecule has 0 saturated heterocycles. The van der Waals surface area contributed by atoms with E-state index in [2.05, 4.69) is 22.9 Å². The first kappa shape index (κ1) is 5.37. The maximum atomic E-state index is 4.93. The van der Waals surface area contributed by atoms with Crippen LogP contribution in [0.5, 0.6) is 0 Å². The summed E-state index contributed by atoms with van der Waals surface area (Å²) in [4.78, 5) is 3.10. The second-order valence-corrected chi connectivity index (χ2v) is 2.54. The summed E-state index contributed by atoms with van der Waals surface area (Å²) < 4.78 is 0. The minimum absolute atomic E-state index is 1.00. The van der Waals surface area contributed by atoms with Crippen molar-refractivity contribution in [1.29, 1.82) is 0 Å². The van der Waals surface area contributed by atoms with E-state index in [0.717, 1.165) is 0 Å². The summed E-state index contributed by atoms with van der Waals surface area (Å²) in [5.74, 6) is 4.62. The van der Waals surface area contributed by atoms with E-state index in [-0.39, 0.29) is 0 Å². The number of nitrogens with zero attached hydrogens (tertiary/aromatic N) is 1. The average molecular weight is 110 g/mol. The average Bonchev–Trinajstić information content (AvgIpc) is 1.38. The lowest BCUT2D eigenvalue weighted by molar-refractivity contribution is 1.29. The van der Waals surface area contributed by atoms with Crippen LogP contribution in [0.1, 0.15) is 0 Å². The van der Waals surface area contributed by atoms with Crippen molar-refractivity contribution < 1.29 is 0 Å². The molecule has 0 aliphatic heterocycles. The first-order chi connectivity index (χ1) is 2.27. The summed E-state index contributed by atoms with van der Waals surface area (Å²) in [5, 5.41) is 0. The molecule has 0 heterocycles. The highest BCUT2D eigenvalue weighted by molar-refractivity contribution is 8.40. The lowest BCUT2D eigenvalue weighted by Gasteiger charge is -1.54. The van der Waals surface area contributed by atoms with Gasteiger partial charge in [-0.2, -0.15) is 5.84 Å². The Labute approximate surface area is 36.4 Å². The van der Waals surface area contributed by atoms with E-state index in [1.807, 2.05) is 0 Å². The van der Waals surface area contributed by atoms with Crippen LogP contribution in [0.3, 0.4) is 0 Å². The molecule has 3 nitrogen and oxygen atoms in total. The Hall–Kier alpha value is 0.370. The van der Waals surface area contributed by atoms with Crippen LogP contribution >= 0.6 is 19.3 Å². The van der Waals surface area contributed by atoms with E-state index >= 15 is 0 Å². The van der Waals surface area contributed by atoms with Gasteiger partial charge in [0.05, 0.1) is 0 Å². The number of hydrogen-bond acceptors (Lipinski definition) is 1. The molecule has 0 aliphatic rings. The molecular weight excluding hydrogens is 105 g/mol. The molecule has 0 spiro atoms. The van der Waals surface area contributed by atoms with Gasteiger partial charge >= 0.3 is 7.07 Å². The van der Waals surface area contributed by atoms with Crippen molar-refractivity contribution in [3.63, 3.8) is 0 Å². The molecule has 0 amide bonds. The third kappa shape index (κ3) is 4.37. The van der Waals surface area contributed by atoms with Crippen molar-refractivity contribution in [2.24, 2.45) is 16.2 Å². The van der Waals surface area contributed by atoms with Gasteiger partial charge in [0, 0.05) is 4.85 Å². The van der Waals surface area contributed by atoms with Crippen LogP contribution in [-0.4, -0.2) is 0 Å². The zero-order chi connectivity index (χ0) is 4.28. The van der Waals surface area contributed by atoms with Crippen LogP contribution in [0.4, 0.5) is 0 Å². The largest absolute Gasteiger partial charge is 0.380 e. The molecule has 5 heteroatoms. The molecule has 0 aromatic carbocycles. The lowest BCUT2D eigenvalue weighted by Crippen LogP contribution is -1.76. The van der Waals surface area contributed by atoms with Crippen molar-refractivity contribution in [2.75, 3.05) is 0 Å². The van der Waals surface area contributed by atoms with Gasteiger partial charge in [-0.1, -0.05) is 0 Å². The third-order valence-corrected chi connectivity index (χ3v) is 0.665. The molecule has 0 fully saturated rings. The van der Waals surface area contributed by atoms with Crippen LogP contribution < -0.4 is 11.3 Å². The van der Waals surface area contributed by atoms with Gasteiger partial charge in [-0.3, -0.25) is 0 Å². The number of rotatable bonds is 0. The topological polar surface area (TPSA) is 64.4 Å².